The van der Waals surface area contributed by atoms with Crippen LogP contribution in [0.3, 0.4) is 0 Å². The van der Waals surface area contributed by atoms with E-state index >= 15 is 0 Å². The van der Waals surface area contributed by atoms with Gasteiger partial charge in [-0.15, -0.1) is 0 Å². The monoisotopic (exact) mass is 290 g/mol. The number of nitrogens with one attached hydrogen (secondary N) is 1. The van der Waals surface area contributed by atoms with Gasteiger partial charge in [0, 0.05) is 23.7 Å². The summed E-state index contributed by atoms with van der Waals surface area (Å²) >= 11 is 0. The maximum absolute atomic E-state index is 5.52. The highest BCUT2D eigenvalue weighted by Crippen LogP contribution is 2.34. The van der Waals surface area contributed by atoms with E-state index in [1.807, 2.05) is 6.07 Å². The second kappa shape index (κ2) is 7.28. The lowest BCUT2D eigenvalue weighted by Crippen LogP contribution is -2.50. The molecule has 0 bridgehead atoms. The highest BCUT2D eigenvalue weighted by molar-refractivity contribution is 5.35. The number of nitrogens with zero attached hydrogens (tertiary/aromatic N) is 1. The smallest absolute Gasteiger partial charge is 0.123 e. The van der Waals surface area contributed by atoms with E-state index in [9.17, 15) is 0 Å². The van der Waals surface area contributed by atoms with Gasteiger partial charge in [-0.25, -0.2) is 0 Å². The zero-order chi connectivity index (χ0) is 15.3. The summed E-state index contributed by atoms with van der Waals surface area (Å²) in [5.41, 5.74) is 1.60. The average molecular weight is 290 g/mol. The van der Waals surface area contributed by atoms with Crippen LogP contribution in [0.15, 0.2) is 24.3 Å². The molecule has 0 aliphatic heterocycles. The fourth-order valence-electron chi connectivity index (χ4n) is 3.56. The Hall–Kier alpha value is -1.06. The molecule has 21 heavy (non-hydrogen) atoms. The maximum atomic E-state index is 5.52. The van der Waals surface area contributed by atoms with Crippen LogP contribution in [-0.4, -0.2) is 38.2 Å². The minimum Gasteiger partial charge on any atom is -0.496 e. The Morgan fingerprint density at radius 2 is 1.90 bits per heavy atom. The summed E-state index contributed by atoms with van der Waals surface area (Å²) in [6.07, 6.45) is 6.38. The fourth-order valence-corrected chi connectivity index (χ4v) is 3.56. The van der Waals surface area contributed by atoms with Crippen LogP contribution in [0, 0.1) is 0 Å². The largest absolute Gasteiger partial charge is 0.496 e. The second-order valence-corrected chi connectivity index (χ2v) is 6.41. The van der Waals surface area contributed by atoms with Crippen LogP contribution in [-0.2, 0) is 0 Å². The Kier molecular flexibility index (Phi) is 5.65. The SMILES string of the molecule is CCC(NCC1(N(C)C)CCCC1)c1ccccc1OC. The van der Waals surface area contributed by atoms with Crippen LogP contribution in [0.2, 0.25) is 0 Å². The summed E-state index contributed by atoms with van der Waals surface area (Å²) in [4.78, 5) is 2.42. The Bertz CT molecular complexity index is 439. The van der Waals surface area contributed by atoms with Gasteiger partial charge in [0.05, 0.1) is 7.11 Å². The first kappa shape index (κ1) is 16.3. The minimum absolute atomic E-state index is 0.329. The van der Waals surface area contributed by atoms with Gasteiger partial charge in [-0.1, -0.05) is 38.0 Å². The van der Waals surface area contributed by atoms with Crippen molar-refractivity contribution >= 4 is 0 Å². The molecule has 0 saturated heterocycles. The molecule has 0 heterocycles. The van der Waals surface area contributed by atoms with E-state index in [-0.39, 0.29) is 0 Å². The number of para-hydroxylation sites is 1. The molecule has 0 aromatic heterocycles. The van der Waals surface area contributed by atoms with Gasteiger partial charge in [0.1, 0.15) is 5.75 Å². The summed E-state index contributed by atoms with van der Waals surface area (Å²) in [6.45, 7) is 3.29. The Balaban J connectivity index is 2.09. The molecule has 2 rings (SSSR count). The Morgan fingerprint density at radius 3 is 2.48 bits per heavy atom. The molecule has 1 N–H and O–H groups in total. The van der Waals surface area contributed by atoms with Crippen LogP contribution in [0.25, 0.3) is 0 Å². The van der Waals surface area contributed by atoms with Crippen molar-refractivity contribution in [1.29, 1.82) is 0 Å². The lowest BCUT2D eigenvalue weighted by atomic mass is 9.94. The normalized spacial score (nSPS) is 18.9. The topological polar surface area (TPSA) is 24.5 Å². The lowest BCUT2D eigenvalue weighted by Gasteiger charge is -2.38. The van der Waals surface area contributed by atoms with E-state index in [4.69, 9.17) is 4.74 Å². The van der Waals surface area contributed by atoms with E-state index in [1.165, 1.54) is 31.2 Å². The van der Waals surface area contributed by atoms with Crippen molar-refractivity contribution in [3.05, 3.63) is 29.8 Å². The fraction of sp³-hybridized carbons (Fsp3) is 0.667. The van der Waals surface area contributed by atoms with Crippen LogP contribution in [0.1, 0.15) is 50.6 Å². The van der Waals surface area contributed by atoms with Crippen LogP contribution >= 0.6 is 0 Å². The molecule has 3 heteroatoms. The van der Waals surface area contributed by atoms with E-state index in [0.29, 0.717) is 11.6 Å². The highest BCUT2D eigenvalue weighted by Gasteiger charge is 2.36. The van der Waals surface area contributed by atoms with Gasteiger partial charge < -0.3 is 15.0 Å². The molecule has 1 atom stereocenters. The number of benzene rings is 1. The standard InChI is InChI=1S/C18H30N2O/c1-5-16(15-10-6-7-11-17(15)21-4)19-14-18(20(2)3)12-8-9-13-18/h6-7,10-11,16,19H,5,8-9,12-14H2,1-4H3. The van der Waals surface area contributed by atoms with Gasteiger partial charge in [0.2, 0.25) is 0 Å². The molecule has 1 fully saturated rings. The number of methoxy groups -OCH3 is 1. The minimum atomic E-state index is 0.329. The van der Waals surface area contributed by atoms with Crippen molar-refractivity contribution in [2.24, 2.45) is 0 Å². The van der Waals surface area contributed by atoms with E-state index in [2.05, 4.69) is 49.4 Å². The maximum Gasteiger partial charge on any atom is 0.123 e. The van der Waals surface area contributed by atoms with Gasteiger partial charge >= 0.3 is 0 Å². The summed E-state index contributed by atoms with van der Waals surface area (Å²) in [5.74, 6) is 0.988. The first-order valence-electron chi connectivity index (χ1n) is 8.16. The molecular weight excluding hydrogens is 260 g/mol. The van der Waals surface area contributed by atoms with E-state index in [0.717, 1.165) is 18.7 Å². The van der Waals surface area contributed by atoms with Gasteiger partial charge in [-0.05, 0) is 39.4 Å². The van der Waals surface area contributed by atoms with Gasteiger partial charge in [0.25, 0.3) is 0 Å². The van der Waals surface area contributed by atoms with E-state index < -0.39 is 0 Å². The third-order valence-electron chi connectivity index (χ3n) is 5.08. The number of likely N-dealkylation sites (N-methyl/N-ethyl adjacent to an activating group) is 1. The molecule has 0 spiro atoms. The first-order chi connectivity index (χ1) is 10.1. The molecule has 1 saturated carbocycles. The molecule has 0 amide bonds. The van der Waals surface area contributed by atoms with Crippen LogP contribution in [0.4, 0.5) is 0 Å². The van der Waals surface area contributed by atoms with Crippen LogP contribution in [0.5, 0.6) is 5.75 Å². The first-order valence-corrected chi connectivity index (χ1v) is 8.16. The van der Waals surface area contributed by atoms with Crippen LogP contribution < -0.4 is 10.1 Å². The van der Waals surface area contributed by atoms with Gasteiger partial charge in [-0.2, -0.15) is 0 Å². The molecule has 3 nitrogen and oxygen atoms in total. The summed E-state index contributed by atoms with van der Waals surface area (Å²) in [7, 11) is 6.19. The summed E-state index contributed by atoms with van der Waals surface area (Å²) in [5, 5.41) is 3.80. The van der Waals surface area contributed by atoms with Gasteiger partial charge in [0.15, 0.2) is 0 Å². The molecule has 1 aliphatic carbocycles. The highest BCUT2D eigenvalue weighted by atomic mass is 16.5. The third kappa shape index (κ3) is 3.58. The molecular formula is C18H30N2O. The number of hydrogen-bond donors (Lipinski definition) is 1. The summed E-state index contributed by atoms with van der Waals surface area (Å²) in [6, 6.07) is 8.72. The van der Waals surface area contributed by atoms with Crippen molar-refractivity contribution in [2.45, 2.75) is 50.6 Å². The quantitative estimate of drug-likeness (QED) is 0.830. The summed E-state index contributed by atoms with van der Waals surface area (Å²) < 4.78 is 5.52. The number of hydrogen-bond acceptors (Lipinski definition) is 3. The number of rotatable bonds is 7. The predicted octanol–water partition coefficient (Wildman–Crippen LogP) is 3.61. The zero-order valence-electron chi connectivity index (χ0n) is 14.0. The van der Waals surface area contributed by atoms with Crippen molar-refractivity contribution < 1.29 is 4.74 Å². The Labute approximate surface area is 129 Å². The molecule has 118 valence electrons. The Morgan fingerprint density at radius 1 is 1.24 bits per heavy atom. The average Bonchev–Trinajstić information content (AvgIpc) is 2.98. The molecule has 1 aliphatic rings. The lowest BCUT2D eigenvalue weighted by molar-refractivity contribution is 0.148. The molecule has 1 aromatic rings. The predicted molar refractivity (Wildman–Crippen MR) is 88.9 cm³/mol. The second-order valence-electron chi connectivity index (χ2n) is 6.41. The van der Waals surface area contributed by atoms with Crippen molar-refractivity contribution in [3.8, 4) is 5.75 Å². The molecule has 0 radical (unpaired) electrons. The third-order valence-corrected chi connectivity index (χ3v) is 5.08. The van der Waals surface area contributed by atoms with Gasteiger partial charge in [-0.3, -0.25) is 0 Å². The number of ether oxygens (including phenoxy) is 1. The van der Waals surface area contributed by atoms with Crippen molar-refractivity contribution in [1.82, 2.24) is 10.2 Å². The zero-order valence-corrected chi connectivity index (χ0v) is 14.0. The van der Waals surface area contributed by atoms with Crippen molar-refractivity contribution in [3.63, 3.8) is 0 Å². The molecule has 1 unspecified atom stereocenters. The van der Waals surface area contributed by atoms with Crippen molar-refractivity contribution in [2.75, 3.05) is 27.7 Å². The van der Waals surface area contributed by atoms with E-state index in [1.54, 1.807) is 7.11 Å². The molecule has 1 aromatic carbocycles.